The van der Waals surface area contributed by atoms with Crippen LogP contribution in [0, 0.1) is 5.92 Å². The van der Waals surface area contributed by atoms with Crippen LogP contribution in [-0.2, 0) is 16.4 Å². The number of likely N-dealkylation sites (tertiary alicyclic amines) is 1. The van der Waals surface area contributed by atoms with E-state index >= 15 is 0 Å². The minimum absolute atomic E-state index is 0.165. The number of piperidine rings is 1. The molecule has 0 spiro atoms. The van der Waals surface area contributed by atoms with E-state index in [9.17, 15) is 8.42 Å². The lowest BCUT2D eigenvalue weighted by Crippen LogP contribution is -2.33. The Kier molecular flexibility index (Phi) is 5.22. The first-order valence-electron chi connectivity index (χ1n) is 7.59. The first-order chi connectivity index (χ1) is 9.55. The Bertz CT molecular complexity index is 531. The van der Waals surface area contributed by atoms with E-state index < -0.39 is 9.84 Å². The molecule has 3 nitrogen and oxygen atoms in total. The fraction of sp³-hybridized carbons (Fsp3) is 0.625. The van der Waals surface area contributed by atoms with Crippen LogP contribution in [0.4, 0.5) is 0 Å². The zero-order chi connectivity index (χ0) is 14.6. The fourth-order valence-electron chi connectivity index (χ4n) is 2.81. The molecule has 1 saturated heterocycles. The van der Waals surface area contributed by atoms with E-state index in [4.69, 9.17) is 0 Å². The number of nitrogens with zero attached hydrogens (tertiary/aromatic N) is 1. The van der Waals surface area contributed by atoms with Crippen molar-refractivity contribution in [3.8, 4) is 0 Å². The van der Waals surface area contributed by atoms with E-state index in [1.165, 1.54) is 19.3 Å². The summed E-state index contributed by atoms with van der Waals surface area (Å²) in [5, 5.41) is 0. The van der Waals surface area contributed by atoms with Crippen molar-refractivity contribution < 1.29 is 8.42 Å². The van der Waals surface area contributed by atoms with Gasteiger partial charge in [0, 0.05) is 6.54 Å². The van der Waals surface area contributed by atoms with E-state index in [1.807, 2.05) is 18.2 Å². The minimum Gasteiger partial charge on any atom is -0.299 e. The van der Waals surface area contributed by atoms with Crippen LogP contribution in [0.3, 0.4) is 0 Å². The molecule has 1 aromatic rings. The molecule has 0 saturated carbocycles. The van der Waals surface area contributed by atoms with Gasteiger partial charge in [0.1, 0.15) is 0 Å². The van der Waals surface area contributed by atoms with Crippen molar-refractivity contribution in [2.24, 2.45) is 5.92 Å². The van der Waals surface area contributed by atoms with Gasteiger partial charge in [0.2, 0.25) is 0 Å². The van der Waals surface area contributed by atoms with Crippen molar-refractivity contribution in [2.45, 2.75) is 44.6 Å². The summed E-state index contributed by atoms with van der Waals surface area (Å²) in [4.78, 5) is 2.89. The topological polar surface area (TPSA) is 37.4 Å². The van der Waals surface area contributed by atoms with Gasteiger partial charge in [-0.2, -0.15) is 0 Å². The maximum absolute atomic E-state index is 11.9. The summed E-state index contributed by atoms with van der Waals surface area (Å²) in [6, 6.07) is 7.42. The van der Waals surface area contributed by atoms with Gasteiger partial charge in [-0.25, -0.2) is 8.42 Å². The molecule has 0 N–H and O–H groups in total. The predicted octanol–water partition coefficient (Wildman–Crippen LogP) is 3.10. The van der Waals surface area contributed by atoms with E-state index in [1.54, 1.807) is 13.0 Å². The number of benzene rings is 1. The van der Waals surface area contributed by atoms with Crippen LogP contribution < -0.4 is 0 Å². The van der Waals surface area contributed by atoms with Crippen LogP contribution in [0.25, 0.3) is 0 Å². The largest absolute Gasteiger partial charge is 0.299 e. The molecule has 1 aliphatic heterocycles. The Labute approximate surface area is 122 Å². The number of rotatable bonds is 5. The highest BCUT2D eigenvalue weighted by Crippen LogP contribution is 2.22. The Morgan fingerprint density at radius 3 is 2.50 bits per heavy atom. The minimum atomic E-state index is -3.09. The molecule has 1 heterocycles. The monoisotopic (exact) mass is 295 g/mol. The SMILES string of the molecule is CCC1CCN(Cc2cccc(S(=O)(=O)CC)c2)CC1. The fourth-order valence-corrected chi connectivity index (χ4v) is 3.77. The molecule has 20 heavy (non-hydrogen) atoms. The number of sulfone groups is 1. The third kappa shape index (κ3) is 3.83. The molecule has 1 aromatic carbocycles. The first kappa shape index (κ1) is 15.5. The Morgan fingerprint density at radius 2 is 1.90 bits per heavy atom. The highest BCUT2D eigenvalue weighted by Gasteiger charge is 2.18. The highest BCUT2D eigenvalue weighted by atomic mass is 32.2. The van der Waals surface area contributed by atoms with Crippen molar-refractivity contribution in [2.75, 3.05) is 18.8 Å². The molecule has 0 bridgehead atoms. The van der Waals surface area contributed by atoms with Gasteiger partial charge in [0.05, 0.1) is 10.6 Å². The summed E-state index contributed by atoms with van der Waals surface area (Å²) in [5.41, 5.74) is 1.11. The molecule has 4 heteroatoms. The zero-order valence-corrected chi connectivity index (χ0v) is 13.3. The average Bonchev–Trinajstić information content (AvgIpc) is 2.48. The number of hydrogen-bond donors (Lipinski definition) is 0. The molecule has 1 aliphatic rings. The van der Waals surface area contributed by atoms with Gasteiger partial charge < -0.3 is 0 Å². The lowest BCUT2D eigenvalue weighted by molar-refractivity contribution is 0.175. The van der Waals surface area contributed by atoms with Crippen LogP contribution in [0.5, 0.6) is 0 Å². The van der Waals surface area contributed by atoms with E-state index in [0.717, 1.165) is 31.1 Å². The molecule has 0 unspecified atom stereocenters. The van der Waals surface area contributed by atoms with Crippen molar-refractivity contribution in [3.05, 3.63) is 29.8 Å². The zero-order valence-electron chi connectivity index (χ0n) is 12.5. The van der Waals surface area contributed by atoms with Crippen LogP contribution >= 0.6 is 0 Å². The van der Waals surface area contributed by atoms with Gasteiger partial charge in [-0.1, -0.05) is 32.4 Å². The van der Waals surface area contributed by atoms with Crippen molar-refractivity contribution in [1.82, 2.24) is 4.90 Å². The molecule has 0 radical (unpaired) electrons. The highest BCUT2D eigenvalue weighted by molar-refractivity contribution is 7.91. The van der Waals surface area contributed by atoms with Crippen LogP contribution in [0.1, 0.15) is 38.7 Å². The Morgan fingerprint density at radius 1 is 1.20 bits per heavy atom. The summed E-state index contributed by atoms with van der Waals surface area (Å²) in [6.45, 7) is 7.08. The second-order valence-electron chi connectivity index (χ2n) is 5.68. The number of hydrogen-bond acceptors (Lipinski definition) is 3. The maximum atomic E-state index is 11.9. The maximum Gasteiger partial charge on any atom is 0.178 e. The van der Waals surface area contributed by atoms with Gasteiger partial charge in [-0.3, -0.25) is 4.90 Å². The third-order valence-corrected chi connectivity index (χ3v) is 6.06. The second-order valence-corrected chi connectivity index (χ2v) is 7.96. The van der Waals surface area contributed by atoms with Crippen molar-refractivity contribution >= 4 is 9.84 Å². The summed E-state index contributed by atoms with van der Waals surface area (Å²) in [7, 11) is -3.09. The molecule has 2 rings (SSSR count). The molecule has 1 fully saturated rings. The molecule has 0 aromatic heterocycles. The molecule has 112 valence electrons. The predicted molar refractivity (Wildman–Crippen MR) is 82.5 cm³/mol. The van der Waals surface area contributed by atoms with Crippen LogP contribution in [0.2, 0.25) is 0 Å². The Balaban J connectivity index is 2.02. The van der Waals surface area contributed by atoms with Crippen molar-refractivity contribution in [3.63, 3.8) is 0 Å². The first-order valence-corrected chi connectivity index (χ1v) is 9.24. The van der Waals surface area contributed by atoms with Gasteiger partial charge in [0.25, 0.3) is 0 Å². The quantitative estimate of drug-likeness (QED) is 0.837. The molecular formula is C16H25NO2S. The summed E-state index contributed by atoms with van der Waals surface area (Å²) in [5.74, 6) is 1.04. The lowest BCUT2D eigenvalue weighted by atomic mass is 9.94. The smallest absolute Gasteiger partial charge is 0.178 e. The molecule has 0 aliphatic carbocycles. The molecular weight excluding hydrogens is 270 g/mol. The van der Waals surface area contributed by atoms with Crippen LogP contribution in [0.15, 0.2) is 29.2 Å². The standard InChI is InChI=1S/C16H25NO2S/c1-3-14-8-10-17(11-9-14)13-15-6-5-7-16(12-15)20(18,19)4-2/h5-7,12,14H,3-4,8-11,13H2,1-2H3. The third-order valence-electron chi connectivity index (χ3n) is 4.33. The molecule has 0 atom stereocenters. The van der Waals surface area contributed by atoms with Gasteiger partial charge >= 0.3 is 0 Å². The molecule has 0 amide bonds. The normalized spacial score (nSPS) is 18.3. The Hall–Kier alpha value is -0.870. The van der Waals surface area contributed by atoms with E-state index in [-0.39, 0.29) is 5.75 Å². The lowest BCUT2D eigenvalue weighted by Gasteiger charge is -2.31. The summed E-state index contributed by atoms with van der Waals surface area (Å²) < 4.78 is 23.8. The van der Waals surface area contributed by atoms with Crippen molar-refractivity contribution in [1.29, 1.82) is 0 Å². The second kappa shape index (κ2) is 6.72. The van der Waals surface area contributed by atoms with E-state index in [2.05, 4.69) is 11.8 Å². The van der Waals surface area contributed by atoms with E-state index in [0.29, 0.717) is 4.90 Å². The summed E-state index contributed by atoms with van der Waals surface area (Å²) in [6.07, 6.45) is 3.81. The van der Waals surface area contributed by atoms with Gasteiger partial charge in [0.15, 0.2) is 9.84 Å². The summed E-state index contributed by atoms with van der Waals surface area (Å²) >= 11 is 0. The van der Waals surface area contributed by atoms with Crippen LogP contribution in [-0.4, -0.2) is 32.2 Å². The van der Waals surface area contributed by atoms with Gasteiger partial charge in [-0.15, -0.1) is 0 Å². The van der Waals surface area contributed by atoms with Gasteiger partial charge in [-0.05, 0) is 49.5 Å². The average molecular weight is 295 g/mol.